The third-order valence-corrected chi connectivity index (χ3v) is 8.88. The van der Waals surface area contributed by atoms with Gasteiger partial charge in [-0.05, 0) is 47.2 Å². The minimum Gasteiger partial charge on any atom is -0.343 e. The van der Waals surface area contributed by atoms with Gasteiger partial charge in [0.25, 0.3) is 5.91 Å². The molecule has 3 amide bonds. The molecule has 0 bridgehead atoms. The van der Waals surface area contributed by atoms with Crippen molar-refractivity contribution in [1.29, 1.82) is 0 Å². The summed E-state index contributed by atoms with van der Waals surface area (Å²) >= 11 is 6.12. The summed E-state index contributed by atoms with van der Waals surface area (Å²) in [5.74, 6) is -0.530. The molecule has 0 spiro atoms. The highest BCUT2D eigenvalue weighted by atomic mass is 35.5. The molecular weight excluding hydrogens is 550 g/mol. The Morgan fingerprint density at radius 3 is 2.50 bits per heavy atom. The molecule has 0 aliphatic carbocycles. The molecule has 3 aliphatic heterocycles. The van der Waals surface area contributed by atoms with Crippen LogP contribution in [0.25, 0.3) is 0 Å². The second-order valence-corrected chi connectivity index (χ2v) is 11.9. The van der Waals surface area contributed by atoms with E-state index < -0.39 is 17.5 Å². The lowest BCUT2D eigenvalue weighted by Crippen LogP contribution is -2.60. The molecule has 0 radical (unpaired) electrons. The normalized spacial score (nSPS) is 22.2. The van der Waals surface area contributed by atoms with Crippen molar-refractivity contribution in [3.05, 3.63) is 106 Å². The second kappa shape index (κ2) is 11.7. The number of nitrogens with zero attached hydrogens (tertiary/aromatic N) is 3. The lowest BCUT2D eigenvalue weighted by Gasteiger charge is -2.41. The molecule has 1 saturated heterocycles. The van der Waals surface area contributed by atoms with E-state index in [-0.39, 0.29) is 24.3 Å². The number of likely N-dealkylation sites (tertiary alicyclic amines) is 1. The highest BCUT2D eigenvalue weighted by molar-refractivity contribution is 6.30. The first-order chi connectivity index (χ1) is 20.3. The molecule has 216 valence electrons. The highest BCUT2D eigenvalue weighted by Crippen LogP contribution is 2.38. The molecule has 8 nitrogen and oxygen atoms in total. The molecular formula is C33H34ClN5O3. The fourth-order valence-corrected chi connectivity index (χ4v) is 6.53. The number of carbonyl (C=O) groups is 3. The van der Waals surface area contributed by atoms with Crippen molar-refractivity contribution in [2.75, 3.05) is 20.1 Å². The second-order valence-electron chi connectivity index (χ2n) is 11.4. The Kier molecular flexibility index (Phi) is 7.84. The van der Waals surface area contributed by atoms with Gasteiger partial charge in [-0.2, -0.15) is 5.10 Å². The standard InChI is InChI=1S/C33H34ClN5O3/c1-38-32(42)33(19-23-7-3-2-4-8-23)21-39(16-15-29(33)37-38)31(41)28(17-22-11-13-26(34)14-12-22)36-30(40)27-18-24-9-5-6-10-25(24)20-35-27/h2-14,27-28,35H,15-21H2,1H3,(H,36,40)/t27-,28-,33?/m1/s1. The predicted molar refractivity (Wildman–Crippen MR) is 162 cm³/mol. The van der Waals surface area contributed by atoms with Crippen LogP contribution in [0.4, 0.5) is 0 Å². The molecule has 3 aromatic carbocycles. The zero-order chi connectivity index (χ0) is 29.3. The van der Waals surface area contributed by atoms with Crippen LogP contribution in [0.1, 0.15) is 28.7 Å². The smallest absolute Gasteiger partial charge is 0.256 e. The van der Waals surface area contributed by atoms with Crippen LogP contribution in [0.5, 0.6) is 0 Å². The average molecular weight is 584 g/mol. The van der Waals surface area contributed by atoms with Gasteiger partial charge in [0.15, 0.2) is 0 Å². The average Bonchev–Trinajstić information content (AvgIpc) is 3.26. The number of halogens is 1. The van der Waals surface area contributed by atoms with Gasteiger partial charge in [-0.3, -0.25) is 14.4 Å². The van der Waals surface area contributed by atoms with Crippen molar-refractivity contribution in [3.63, 3.8) is 0 Å². The maximum atomic E-state index is 14.3. The molecule has 6 rings (SSSR count). The molecule has 1 fully saturated rings. The Hall–Kier alpha value is -4.01. The number of hydrogen-bond donors (Lipinski definition) is 2. The number of amides is 3. The number of hydrazone groups is 1. The molecule has 2 N–H and O–H groups in total. The zero-order valence-electron chi connectivity index (χ0n) is 23.6. The van der Waals surface area contributed by atoms with Gasteiger partial charge >= 0.3 is 0 Å². The number of carbonyl (C=O) groups excluding carboxylic acids is 3. The van der Waals surface area contributed by atoms with Gasteiger partial charge in [-0.1, -0.05) is 78.3 Å². The third-order valence-electron chi connectivity index (χ3n) is 8.63. The minimum atomic E-state index is -0.923. The van der Waals surface area contributed by atoms with E-state index in [1.165, 1.54) is 10.6 Å². The van der Waals surface area contributed by atoms with Gasteiger partial charge in [0.1, 0.15) is 11.5 Å². The van der Waals surface area contributed by atoms with Crippen molar-refractivity contribution < 1.29 is 14.4 Å². The van der Waals surface area contributed by atoms with Gasteiger partial charge in [-0.25, -0.2) is 5.01 Å². The van der Waals surface area contributed by atoms with Crippen molar-refractivity contribution in [1.82, 2.24) is 20.5 Å². The Morgan fingerprint density at radius 1 is 1.02 bits per heavy atom. The number of rotatable bonds is 7. The molecule has 9 heteroatoms. The van der Waals surface area contributed by atoms with E-state index in [1.54, 1.807) is 24.1 Å². The quantitative estimate of drug-likeness (QED) is 0.446. The molecule has 3 aromatic rings. The van der Waals surface area contributed by atoms with Crippen LogP contribution >= 0.6 is 11.6 Å². The SMILES string of the molecule is CN1N=C2CCN(C(=O)[C@@H](Cc3ccc(Cl)cc3)NC(=O)[C@H]3Cc4ccccc4CN3)CC2(Cc2ccccc2)C1=O. The maximum absolute atomic E-state index is 14.3. The summed E-state index contributed by atoms with van der Waals surface area (Å²) in [5.41, 5.74) is 4.09. The van der Waals surface area contributed by atoms with Crippen LogP contribution < -0.4 is 10.6 Å². The van der Waals surface area contributed by atoms with Crippen LogP contribution in [-0.2, 0) is 40.2 Å². The number of hydrogen-bond acceptors (Lipinski definition) is 5. The first-order valence-corrected chi connectivity index (χ1v) is 14.7. The largest absolute Gasteiger partial charge is 0.343 e. The van der Waals surface area contributed by atoms with E-state index in [0.717, 1.165) is 22.4 Å². The summed E-state index contributed by atoms with van der Waals surface area (Å²) in [6.45, 7) is 1.23. The van der Waals surface area contributed by atoms with Gasteiger partial charge in [0.2, 0.25) is 11.8 Å². The van der Waals surface area contributed by atoms with E-state index in [1.807, 2.05) is 60.7 Å². The van der Waals surface area contributed by atoms with Crippen molar-refractivity contribution in [2.24, 2.45) is 10.5 Å². The number of nitrogens with one attached hydrogen (secondary N) is 2. The molecule has 3 atom stereocenters. The molecule has 0 aromatic heterocycles. The molecule has 1 unspecified atom stereocenters. The molecule has 3 aliphatic rings. The third kappa shape index (κ3) is 5.56. The maximum Gasteiger partial charge on any atom is 0.256 e. The summed E-state index contributed by atoms with van der Waals surface area (Å²) in [6, 6.07) is 24.0. The van der Waals surface area contributed by atoms with Crippen molar-refractivity contribution >= 4 is 35.0 Å². The summed E-state index contributed by atoms with van der Waals surface area (Å²) in [7, 11) is 1.67. The number of piperidine rings is 1. The van der Waals surface area contributed by atoms with Gasteiger partial charge < -0.3 is 15.5 Å². The van der Waals surface area contributed by atoms with E-state index in [9.17, 15) is 14.4 Å². The summed E-state index contributed by atoms with van der Waals surface area (Å²) < 4.78 is 0. The van der Waals surface area contributed by atoms with Crippen molar-refractivity contribution in [3.8, 4) is 0 Å². The highest BCUT2D eigenvalue weighted by Gasteiger charge is 2.53. The van der Waals surface area contributed by atoms with Gasteiger partial charge in [0, 0.05) is 44.5 Å². The Morgan fingerprint density at radius 2 is 1.74 bits per heavy atom. The zero-order valence-corrected chi connectivity index (χ0v) is 24.3. The van der Waals surface area contributed by atoms with E-state index in [2.05, 4.69) is 21.8 Å². The van der Waals surface area contributed by atoms with Crippen LogP contribution in [0.2, 0.25) is 5.02 Å². The van der Waals surface area contributed by atoms with Gasteiger partial charge in [-0.15, -0.1) is 0 Å². The van der Waals surface area contributed by atoms with Crippen LogP contribution in [0.15, 0.2) is 84.0 Å². The lowest BCUT2D eigenvalue weighted by atomic mass is 9.73. The minimum absolute atomic E-state index is 0.109. The van der Waals surface area contributed by atoms with Gasteiger partial charge in [0.05, 0.1) is 11.8 Å². The van der Waals surface area contributed by atoms with Crippen molar-refractivity contribution in [2.45, 2.75) is 44.3 Å². The van der Waals surface area contributed by atoms with Crippen LogP contribution in [0.3, 0.4) is 0 Å². The number of benzene rings is 3. The summed E-state index contributed by atoms with van der Waals surface area (Å²) in [6.07, 6.45) is 1.81. The molecule has 42 heavy (non-hydrogen) atoms. The Labute approximate surface area is 250 Å². The molecule has 3 heterocycles. The Balaban J connectivity index is 1.25. The predicted octanol–water partition coefficient (Wildman–Crippen LogP) is 3.37. The fraction of sp³-hybridized carbons (Fsp3) is 0.333. The topological polar surface area (TPSA) is 94.1 Å². The number of fused-ring (bicyclic) bond motifs is 2. The van der Waals surface area contributed by atoms with E-state index >= 15 is 0 Å². The monoisotopic (exact) mass is 583 g/mol. The first-order valence-electron chi connectivity index (χ1n) is 14.4. The van der Waals surface area contributed by atoms with Crippen LogP contribution in [0, 0.1) is 5.41 Å². The summed E-state index contributed by atoms with van der Waals surface area (Å²) in [5, 5.41) is 13.0. The van der Waals surface area contributed by atoms with E-state index in [4.69, 9.17) is 11.6 Å². The van der Waals surface area contributed by atoms with E-state index in [0.29, 0.717) is 43.8 Å². The molecule has 0 saturated carbocycles. The van der Waals surface area contributed by atoms with Crippen LogP contribution in [-0.4, -0.2) is 65.6 Å². The Bertz CT molecular complexity index is 1530. The fourth-order valence-electron chi connectivity index (χ4n) is 6.40. The lowest BCUT2D eigenvalue weighted by molar-refractivity contribution is -0.142. The first kappa shape index (κ1) is 28.1. The summed E-state index contributed by atoms with van der Waals surface area (Å²) in [4.78, 5) is 43.2.